The second kappa shape index (κ2) is 10.7. The number of amides is 3. The third kappa shape index (κ3) is 6.44. The lowest BCUT2D eigenvalue weighted by Gasteiger charge is -2.43. The molecule has 34 heavy (non-hydrogen) atoms. The molecule has 3 amide bonds. The molecule has 0 aromatic carbocycles. The zero-order valence-corrected chi connectivity index (χ0v) is 21.8. The Morgan fingerprint density at radius 3 is 2.50 bits per heavy atom. The van der Waals surface area contributed by atoms with Crippen LogP contribution in [0.4, 0.5) is 4.79 Å². The number of carbonyl (C=O) groups is 4. The maximum Gasteiger partial charge on any atom is 0.408 e. The van der Waals surface area contributed by atoms with Crippen LogP contribution in [0, 0.1) is 5.92 Å². The lowest BCUT2D eigenvalue weighted by molar-refractivity contribution is -0.161. The van der Waals surface area contributed by atoms with Gasteiger partial charge in [0.15, 0.2) is 0 Å². The maximum absolute atomic E-state index is 13.1. The average Bonchev–Trinajstić information content (AvgIpc) is 3.01. The highest BCUT2D eigenvalue weighted by atomic mass is 35.6. The molecule has 3 N–H and O–H groups in total. The van der Waals surface area contributed by atoms with Gasteiger partial charge < -0.3 is 25.4 Å². The summed E-state index contributed by atoms with van der Waals surface area (Å²) in [5, 5.41) is 14.1. The molecule has 1 aliphatic carbocycles. The third-order valence-electron chi connectivity index (χ3n) is 6.12. The minimum absolute atomic E-state index is 0.284. The number of hydrogen-bond acceptors (Lipinski definition) is 6. The van der Waals surface area contributed by atoms with Crippen LogP contribution in [0.2, 0.25) is 0 Å². The maximum atomic E-state index is 13.1. The molecule has 2 heterocycles. The van der Waals surface area contributed by atoms with Crippen molar-refractivity contribution in [3.05, 3.63) is 12.2 Å². The van der Waals surface area contributed by atoms with E-state index in [1.807, 2.05) is 6.08 Å². The van der Waals surface area contributed by atoms with Gasteiger partial charge in [-0.1, -0.05) is 66.2 Å². The van der Waals surface area contributed by atoms with Crippen LogP contribution in [-0.4, -0.2) is 72.5 Å². The number of fused-ring (bicyclic) bond motifs is 1. The van der Waals surface area contributed by atoms with Crippen molar-refractivity contribution in [2.75, 3.05) is 6.61 Å². The van der Waals surface area contributed by atoms with Gasteiger partial charge in [0.05, 0.1) is 0 Å². The number of ether oxygens (including phenoxy) is 1. The number of carboxylic acid groups (broad SMARTS) is 1. The van der Waals surface area contributed by atoms with Gasteiger partial charge in [0, 0.05) is 4.75 Å². The average molecular weight is 557 g/mol. The summed E-state index contributed by atoms with van der Waals surface area (Å²) in [5.74, 6) is -1.90. The van der Waals surface area contributed by atoms with Crippen molar-refractivity contribution < 1.29 is 29.0 Å². The molecule has 4 atom stereocenters. The largest absolute Gasteiger partial charge is 0.480 e. The fraction of sp³-hybridized carbons (Fsp3) is 0.714. The zero-order chi connectivity index (χ0) is 25.3. The Morgan fingerprint density at radius 2 is 1.91 bits per heavy atom. The Bertz CT molecular complexity index is 859. The van der Waals surface area contributed by atoms with Crippen LogP contribution in [0.25, 0.3) is 0 Å². The number of thioether (sulfide) groups is 1. The third-order valence-corrected chi connectivity index (χ3v) is 8.02. The molecule has 9 nitrogen and oxygen atoms in total. The highest BCUT2D eigenvalue weighted by Crippen LogP contribution is 2.50. The van der Waals surface area contributed by atoms with Crippen LogP contribution in [0.5, 0.6) is 0 Å². The first-order chi connectivity index (χ1) is 15.8. The topological polar surface area (TPSA) is 125 Å². The number of aliphatic carboxylic acids is 1. The minimum Gasteiger partial charge on any atom is -0.480 e. The second-order valence-electron chi connectivity index (χ2n) is 9.18. The van der Waals surface area contributed by atoms with Crippen LogP contribution in [0.15, 0.2) is 12.2 Å². The molecule has 0 aromatic heterocycles. The molecule has 0 radical (unpaired) electrons. The molecular formula is C21H28Cl3N3O6S. The van der Waals surface area contributed by atoms with Crippen LogP contribution in [0.3, 0.4) is 0 Å². The Balaban J connectivity index is 1.68. The number of β-lactam (4-membered cyclic amide) rings is 1. The van der Waals surface area contributed by atoms with E-state index in [9.17, 15) is 24.3 Å². The van der Waals surface area contributed by atoms with Crippen molar-refractivity contribution in [1.29, 1.82) is 0 Å². The molecule has 1 unspecified atom stereocenters. The summed E-state index contributed by atoms with van der Waals surface area (Å²) >= 11 is 18.1. The van der Waals surface area contributed by atoms with E-state index >= 15 is 0 Å². The molecule has 0 bridgehead atoms. The Labute approximate surface area is 217 Å². The van der Waals surface area contributed by atoms with Crippen molar-refractivity contribution in [2.45, 2.75) is 78.0 Å². The van der Waals surface area contributed by atoms with Gasteiger partial charge >= 0.3 is 12.1 Å². The van der Waals surface area contributed by atoms with Gasteiger partial charge in [-0.25, -0.2) is 9.59 Å². The van der Waals surface area contributed by atoms with Gasteiger partial charge in [0.25, 0.3) is 0 Å². The Morgan fingerprint density at radius 1 is 1.26 bits per heavy atom. The van der Waals surface area contributed by atoms with E-state index in [0.29, 0.717) is 0 Å². The van der Waals surface area contributed by atoms with E-state index in [0.717, 1.165) is 25.7 Å². The standard InChI is InChI=1S/C21H28Cl3N3O6S/c1-20(2)14(18(30)31)27-16(29)13(17(27)34-20)26-15(28)12(9-8-11-6-4-3-5-7-11)25-19(32)33-10-21(22,23)24/h8-9,11-14,17H,3-7,10H2,1-2H3,(H,25,32)(H,26,28)(H,30,31)/b9-8+/t12?,13-,14+,17-/m1/s1. The molecule has 0 aromatic rings. The number of nitrogens with zero attached hydrogens (tertiary/aromatic N) is 1. The predicted octanol–water partition coefficient (Wildman–Crippen LogP) is 3.22. The number of carboxylic acids is 1. The van der Waals surface area contributed by atoms with Crippen LogP contribution in [0.1, 0.15) is 46.0 Å². The quantitative estimate of drug-likeness (QED) is 0.250. The molecular weight excluding hydrogens is 529 g/mol. The van der Waals surface area contributed by atoms with Gasteiger partial charge in [-0.2, -0.15) is 0 Å². The first-order valence-corrected chi connectivity index (χ1v) is 13.0. The summed E-state index contributed by atoms with van der Waals surface area (Å²) in [4.78, 5) is 50.9. The number of halogens is 3. The van der Waals surface area contributed by atoms with Crippen LogP contribution in [-0.2, 0) is 19.1 Å². The predicted molar refractivity (Wildman–Crippen MR) is 130 cm³/mol. The lowest BCUT2D eigenvalue weighted by atomic mass is 9.88. The SMILES string of the molecule is CC1(C)S[C@@H]2[C@H](NC(=O)C(/C=C/C3CCCCC3)NC(=O)OCC(Cl)(Cl)Cl)C(=O)N2[C@H]1C(=O)O. The van der Waals surface area contributed by atoms with E-state index in [2.05, 4.69) is 10.6 Å². The van der Waals surface area contributed by atoms with Crippen molar-refractivity contribution in [1.82, 2.24) is 15.5 Å². The van der Waals surface area contributed by atoms with Crippen molar-refractivity contribution >= 4 is 70.4 Å². The molecule has 3 fully saturated rings. The fourth-order valence-electron chi connectivity index (χ4n) is 4.50. The van der Waals surface area contributed by atoms with Gasteiger partial charge in [0.2, 0.25) is 15.6 Å². The molecule has 0 spiro atoms. The van der Waals surface area contributed by atoms with E-state index in [4.69, 9.17) is 39.5 Å². The molecule has 13 heteroatoms. The van der Waals surface area contributed by atoms with Gasteiger partial charge in [0.1, 0.15) is 30.1 Å². The molecule has 190 valence electrons. The zero-order valence-electron chi connectivity index (χ0n) is 18.8. The summed E-state index contributed by atoms with van der Waals surface area (Å²) < 4.78 is 2.36. The van der Waals surface area contributed by atoms with E-state index < -0.39 is 62.5 Å². The first-order valence-electron chi connectivity index (χ1n) is 11.0. The summed E-state index contributed by atoms with van der Waals surface area (Å²) in [5.41, 5.74) is 0. The van der Waals surface area contributed by atoms with Crippen molar-refractivity contribution in [3.8, 4) is 0 Å². The van der Waals surface area contributed by atoms with Crippen LogP contribution < -0.4 is 10.6 Å². The fourth-order valence-corrected chi connectivity index (χ4v) is 6.29. The van der Waals surface area contributed by atoms with E-state index in [1.165, 1.54) is 23.1 Å². The normalized spacial score (nSPS) is 27.6. The highest BCUT2D eigenvalue weighted by Gasteiger charge is 2.64. The molecule has 3 aliphatic rings. The number of rotatable bonds is 7. The second-order valence-corrected chi connectivity index (χ2v) is 13.5. The number of nitrogens with one attached hydrogen (secondary N) is 2. The highest BCUT2D eigenvalue weighted by molar-refractivity contribution is 8.01. The minimum atomic E-state index is -1.80. The van der Waals surface area contributed by atoms with Gasteiger partial charge in [-0.3, -0.25) is 9.59 Å². The smallest absolute Gasteiger partial charge is 0.408 e. The number of carbonyl (C=O) groups excluding carboxylic acids is 3. The Kier molecular flexibility index (Phi) is 8.59. The van der Waals surface area contributed by atoms with Gasteiger partial charge in [-0.15, -0.1) is 11.8 Å². The molecule has 1 saturated carbocycles. The van der Waals surface area contributed by atoms with Gasteiger partial charge in [-0.05, 0) is 32.6 Å². The molecule has 2 aliphatic heterocycles. The monoisotopic (exact) mass is 555 g/mol. The van der Waals surface area contributed by atoms with E-state index in [1.54, 1.807) is 19.9 Å². The number of alkyl halides is 3. The Hall–Kier alpha value is -1.36. The first kappa shape index (κ1) is 27.2. The summed E-state index contributed by atoms with van der Waals surface area (Å²) in [6.07, 6.45) is 7.85. The van der Waals surface area contributed by atoms with E-state index in [-0.39, 0.29) is 5.92 Å². The van der Waals surface area contributed by atoms with Crippen LogP contribution >= 0.6 is 46.6 Å². The summed E-state index contributed by atoms with van der Waals surface area (Å²) in [6, 6.07) is -3.01. The van der Waals surface area contributed by atoms with Crippen molar-refractivity contribution in [2.24, 2.45) is 5.92 Å². The number of alkyl carbamates (subject to hydrolysis) is 1. The number of allylic oxidation sites excluding steroid dienone is 1. The molecule has 3 rings (SSSR count). The summed E-state index contributed by atoms with van der Waals surface area (Å²) in [7, 11) is 0. The summed E-state index contributed by atoms with van der Waals surface area (Å²) in [6.45, 7) is 2.99. The molecule has 2 saturated heterocycles. The lowest BCUT2D eigenvalue weighted by Crippen LogP contribution is -2.71. The van der Waals surface area contributed by atoms with Crippen molar-refractivity contribution in [3.63, 3.8) is 0 Å². The number of hydrogen-bond donors (Lipinski definition) is 3.